The second kappa shape index (κ2) is 16.1. The Kier molecular flexibility index (Phi) is 12.2. The fourth-order valence-electron chi connectivity index (χ4n) is 4.25. The van der Waals surface area contributed by atoms with Gasteiger partial charge in [0.15, 0.2) is 0 Å². The normalized spacial score (nSPS) is 10.7. The number of amides is 2. The Labute approximate surface area is 226 Å². The minimum absolute atomic E-state index is 0.508. The largest absolute Gasteiger partial charge is 0.494 e. The predicted octanol–water partition coefficient (Wildman–Crippen LogP) is 7.93. The molecule has 0 radical (unpaired) electrons. The zero-order valence-corrected chi connectivity index (χ0v) is 22.4. The molecule has 6 heteroatoms. The van der Waals surface area contributed by atoms with Crippen molar-refractivity contribution < 1.29 is 19.1 Å². The third-order valence-corrected chi connectivity index (χ3v) is 6.35. The highest BCUT2D eigenvalue weighted by molar-refractivity contribution is 6.41. The number of carbonyl (C=O) groups excluding carboxylic acids is 2. The quantitative estimate of drug-likeness (QED) is 0.155. The lowest BCUT2D eigenvalue weighted by Gasteiger charge is -2.22. The predicted molar refractivity (Wildman–Crippen MR) is 153 cm³/mol. The van der Waals surface area contributed by atoms with Gasteiger partial charge >= 0.3 is 11.8 Å². The van der Waals surface area contributed by atoms with Crippen LogP contribution in [0.2, 0.25) is 0 Å². The number of ether oxygens (including phenoxy) is 2. The molecule has 3 rings (SSSR count). The standard InChI is InChI=1S/C32H40N2O4/c1-2-3-4-5-6-7-8-9-10-14-25-37-28-21-17-26(18-22-28)34(32(36)31(33)35)27-19-23-30(24-20-27)38-29-15-12-11-13-16-29/h11-13,15-24H,2-10,14,25H2,1H3,(H2,33,35). The molecule has 0 saturated heterocycles. The average Bonchev–Trinajstić information content (AvgIpc) is 2.94. The van der Waals surface area contributed by atoms with Crippen LogP contribution >= 0.6 is 0 Å². The summed E-state index contributed by atoms with van der Waals surface area (Å²) >= 11 is 0. The summed E-state index contributed by atoms with van der Waals surface area (Å²) in [6.45, 7) is 2.90. The molecular weight excluding hydrogens is 476 g/mol. The van der Waals surface area contributed by atoms with E-state index in [4.69, 9.17) is 15.2 Å². The lowest BCUT2D eigenvalue weighted by atomic mass is 10.1. The number of nitrogens with two attached hydrogens (primary N) is 1. The number of para-hydroxylation sites is 1. The van der Waals surface area contributed by atoms with Crippen LogP contribution in [0.4, 0.5) is 11.4 Å². The van der Waals surface area contributed by atoms with Crippen molar-refractivity contribution in [3.63, 3.8) is 0 Å². The number of unbranched alkanes of at least 4 members (excludes halogenated alkanes) is 9. The molecule has 0 bridgehead atoms. The first-order valence-electron chi connectivity index (χ1n) is 13.8. The van der Waals surface area contributed by atoms with E-state index in [1.807, 2.05) is 30.3 Å². The third kappa shape index (κ3) is 9.58. The van der Waals surface area contributed by atoms with E-state index < -0.39 is 11.8 Å². The lowest BCUT2D eigenvalue weighted by molar-refractivity contribution is -0.135. The first-order chi connectivity index (χ1) is 18.6. The number of hydrogen-bond donors (Lipinski definition) is 1. The van der Waals surface area contributed by atoms with Crippen LogP contribution in [0.25, 0.3) is 0 Å². The van der Waals surface area contributed by atoms with Gasteiger partial charge in [0, 0.05) is 11.4 Å². The fourth-order valence-corrected chi connectivity index (χ4v) is 4.25. The van der Waals surface area contributed by atoms with Gasteiger partial charge in [-0.3, -0.25) is 14.5 Å². The summed E-state index contributed by atoms with van der Waals surface area (Å²) in [6.07, 6.45) is 12.8. The summed E-state index contributed by atoms with van der Waals surface area (Å²) in [6, 6.07) is 23.4. The maximum Gasteiger partial charge on any atom is 0.320 e. The molecule has 0 saturated carbocycles. The Morgan fingerprint density at radius 3 is 1.63 bits per heavy atom. The number of rotatable bonds is 16. The Hall–Kier alpha value is -3.80. The monoisotopic (exact) mass is 516 g/mol. The van der Waals surface area contributed by atoms with Gasteiger partial charge in [-0.2, -0.15) is 0 Å². The third-order valence-electron chi connectivity index (χ3n) is 6.35. The summed E-state index contributed by atoms with van der Waals surface area (Å²) in [5.74, 6) is 0.195. The molecule has 3 aromatic rings. The van der Waals surface area contributed by atoms with Crippen molar-refractivity contribution in [3.05, 3.63) is 78.9 Å². The highest BCUT2D eigenvalue weighted by atomic mass is 16.5. The van der Waals surface area contributed by atoms with Gasteiger partial charge < -0.3 is 15.2 Å². The maximum absolute atomic E-state index is 12.7. The SMILES string of the molecule is CCCCCCCCCCCCOc1ccc(N(C(=O)C(N)=O)c2ccc(Oc3ccccc3)cc2)cc1. The second-order valence-corrected chi connectivity index (χ2v) is 9.44. The molecule has 0 unspecified atom stereocenters. The van der Waals surface area contributed by atoms with Crippen molar-refractivity contribution >= 4 is 23.2 Å². The molecular formula is C32H40N2O4. The molecule has 0 aliphatic heterocycles. The number of nitrogens with zero attached hydrogens (tertiary/aromatic N) is 1. The van der Waals surface area contributed by atoms with Crippen LogP contribution in [-0.2, 0) is 9.59 Å². The number of carbonyl (C=O) groups is 2. The van der Waals surface area contributed by atoms with Gasteiger partial charge in [-0.25, -0.2) is 0 Å². The van der Waals surface area contributed by atoms with E-state index >= 15 is 0 Å². The number of primary amides is 1. The van der Waals surface area contributed by atoms with Gasteiger partial charge in [0.2, 0.25) is 0 Å². The molecule has 0 aliphatic rings. The van der Waals surface area contributed by atoms with E-state index in [9.17, 15) is 9.59 Å². The highest BCUT2D eigenvalue weighted by Gasteiger charge is 2.23. The molecule has 6 nitrogen and oxygen atoms in total. The van der Waals surface area contributed by atoms with Crippen LogP contribution < -0.4 is 20.1 Å². The van der Waals surface area contributed by atoms with Gasteiger partial charge in [-0.05, 0) is 67.1 Å². The van der Waals surface area contributed by atoms with Crippen molar-refractivity contribution in [2.45, 2.75) is 71.1 Å². The number of hydrogen-bond acceptors (Lipinski definition) is 4. The molecule has 0 atom stereocenters. The van der Waals surface area contributed by atoms with Crippen LogP contribution in [0, 0.1) is 0 Å². The Morgan fingerprint density at radius 2 is 1.11 bits per heavy atom. The molecule has 2 amide bonds. The van der Waals surface area contributed by atoms with Crippen LogP contribution in [0.5, 0.6) is 17.2 Å². The van der Waals surface area contributed by atoms with E-state index in [1.165, 1.54) is 56.3 Å². The summed E-state index contributed by atoms with van der Waals surface area (Å²) in [5.41, 5.74) is 6.38. The Balaban J connectivity index is 1.50. The molecule has 0 aliphatic carbocycles. The smallest absolute Gasteiger partial charge is 0.320 e. The van der Waals surface area contributed by atoms with Crippen molar-refractivity contribution in [1.29, 1.82) is 0 Å². The van der Waals surface area contributed by atoms with E-state index in [-0.39, 0.29) is 0 Å². The lowest BCUT2D eigenvalue weighted by Crippen LogP contribution is -2.37. The van der Waals surface area contributed by atoms with Gasteiger partial charge in [-0.1, -0.05) is 82.9 Å². The van der Waals surface area contributed by atoms with Crippen LogP contribution in [0.3, 0.4) is 0 Å². The molecule has 38 heavy (non-hydrogen) atoms. The summed E-state index contributed by atoms with van der Waals surface area (Å²) in [4.78, 5) is 25.7. The Morgan fingerprint density at radius 1 is 0.632 bits per heavy atom. The molecule has 0 fully saturated rings. The van der Waals surface area contributed by atoms with E-state index in [1.54, 1.807) is 48.5 Å². The van der Waals surface area contributed by atoms with Gasteiger partial charge in [0.05, 0.1) is 6.61 Å². The zero-order valence-electron chi connectivity index (χ0n) is 22.4. The molecule has 3 aromatic carbocycles. The minimum Gasteiger partial charge on any atom is -0.494 e. The minimum atomic E-state index is -1.03. The van der Waals surface area contributed by atoms with Crippen LogP contribution in [-0.4, -0.2) is 18.4 Å². The fraction of sp³-hybridized carbons (Fsp3) is 0.375. The maximum atomic E-state index is 12.7. The molecule has 202 valence electrons. The molecule has 0 spiro atoms. The van der Waals surface area contributed by atoms with E-state index in [0.717, 1.165) is 18.6 Å². The second-order valence-electron chi connectivity index (χ2n) is 9.44. The first kappa shape index (κ1) is 28.8. The zero-order chi connectivity index (χ0) is 27.0. The summed E-state index contributed by atoms with van der Waals surface area (Å²) in [5, 5.41) is 0. The number of benzene rings is 3. The van der Waals surface area contributed by atoms with E-state index in [0.29, 0.717) is 29.5 Å². The highest BCUT2D eigenvalue weighted by Crippen LogP contribution is 2.30. The van der Waals surface area contributed by atoms with Crippen molar-refractivity contribution in [3.8, 4) is 17.2 Å². The van der Waals surface area contributed by atoms with Crippen molar-refractivity contribution in [2.75, 3.05) is 11.5 Å². The number of anilines is 2. The van der Waals surface area contributed by atoms with Crippen LogP contribution in [0.1, 0.15) is 71.1 Å². The summed E-state index contributed by atoms with van der Waals surface area (Å²) in [7, 11) is 0. The van der Waals surface area contributed by atoms with E-state index in [2.05, 4.69) is 6.92 Å². The first-order valence-corrected chi connectivity index (χ1v) is 13.8. The van der Waals surface area contributed by atoms with Crippen LogP contribution in [0.15, 0.2) is 78.9 Å². The topological polar surface area (TPSA) is 81.9 Å². The van der Waals surface area contributed by atoms with Crippen molar-refractivity contribution in [2.24, 2.45) is 5.73 Å². The van der Waals surface area contributed by atoms with Crippen molar-refractivity contribution in [1.82, 2.24) is 0 Å². The Bertz CT molecular complexity index is 1100. The summed E-state index contributed by atoms with van der Waals surface area (Å²) < 4.78 is 11.7. The average molecular weight is 517 g/mol. The van der Waals surface area contributed by atoms with Gasteiger partial charge in [0.1, 0.15) is 17.2 Å². The van der Waals surface area contributed by atoms with Gasteiger partial charge in [-0.15, -0.1) is 0 Å². The molecule has 0 heterocycles. The molecule has 0 aromatic heterocycles. The van der Waals surface area contributed by atoms with Gasteiger partial charge in [0.25, 0.3) is 0 Å². The molecule has 2 N–H and O–H groups in total.